The van der Waals surface area contributed by atoms with Gasteiger partial charge in [-0.15, -0.1) is 0 Å². The van der Waals surface area contributed by atoms with Crippen LogP contribution in [0.2, 0.25) is 0 Å². The molecule has 1 N–H and O–H groups in total. The SMILES string of the molecule is CC[P+](CCC(=O)O)(Cc1cccc(C)c1)c1ccccc1.F[P-](F)(F)(F)(F)F. The molecule has 1 unspecified atom stereocenters. The molecule has 1 atom stereocenters. The number of aryl methyl sites for hydroxylation is 1. The van der Waals surface area contributed by atoms with E-state index in [0.717, 1.165) is 18.5 Å². The van der Waals surface area contributed by atoms with Gasteiger partial charge in [-0.3, -0.25) is 4.79 Å². The molecule has 0 aromatic heterocycles. The molecule has 0 amide bonds. The summed E-state index contributed by atoms with van der Waals surface area (Å²) < 4.78 is 59.2. The zero-order chi connectivity index (χ0) is 22.4. The molecule has 10 heteroatoms. The second kappa shape index (κ2) is 8.61. The van der Waals surface area contributed by atoms with Crippen LogP contribution in [-0.4, -0.2) is 23.4 Å². The van der Waals surface area contributed by atoms with Crippen molar-refractivity contribution in [1.82, 2.24) is 0 Å². The molecule has 0 saturated carbocycles. The molecular weight excluding hydrogens is 436 g/mol. The zero-order valence-corrected chi connectivity index (χ0v) is 17.8. The fourth-order valence-corrected chi connectivity index (χ4v) is 6.79. The molecule has 0 radical (unpaired) electrons. The number of carboxylic acids is 1. The number of halogens is 6. The van der Waals surface area contributed by atoms with Gasteiger partial charge in [-0.1, -0.05) is 48.0 Å². The first kappa shape index (κ1) is 25.4. The maximum absolute atomic E-state index is 11.1. The van der Waals surface area contributed by atoms with Crippen molar-refractivity contribution in [2.45, 2.75) is 26.4 Å². The number of carboxylic acid groups (broad SMARTS) is 1. The van der Waals surface area contributed by atoms with E-state index in [9.17, 15) is 30.0 Å². The summed E-state index contributed by atoms with van der Waals surface area (Å²) in [4.78, 5) is 11.1. The third kappa shape index (κ3) is 11.8. The monoisotopic (exact) mass is 460 g/mol. The van der Waals surface area contributed by atoms with Crippen molar-refractivity contribution in [3.8, 4) is 0 Å². The van der Waals surface area contributed by atoms with Crippen LogP contribution < -0.4 is 5.30 Å². The van der Waals surface area contributed by atoms with E-state index in [1.807, 2.05) is 6.07 Å². The first-order valence-corrected chi connectivity index (χ1v) is 13.1. The first-order chi connectivity index (χ1) is 13.0. The van der Waals surface area contributed by atoms with Gasteiger partial charge in [-0.05, 0) is 31.5 Å². The Morgan fingerprint density at radius 2 is 1.52 bits per heavy atom. The van der Waals surface area contributed by atoms with Gasteiger partial charge in [-0.2, -0.15) is 0 Å². The van der Waals surface area contributed by atoms with E-state index in [0.29, 0.717) is 0 Å². The first-order valence-electron chi connectivity index (χ1n) is 8.76. The van der Waals surface area contributed by atoms with E-state index in [2.05, 4.69) is 62.4 Å². The van der Waals surface area contributed by atoms with E-state index < -0.39 is 21.0 Å². The third-order valence-corrected chi connectivity index (χ3v) is 8.89. The average molecular weight is 460 g/mol. The number of carbonyl (C=O) groups is 1. The van der Waals surface area contributed by atoms with Gasteiger partial charge < -0.3 is 5.11 Å². The summed E-state index contributed by atoms with van der Waals surface area (Å²) in [6.45, 7) is 4.31. The van der Waals surface area contributed by atoms with Gasteiger partial charge >= 0.3 is 39.0 Å². The summed E-state index contributed by atoms with van der Waals surface area (Å²) in [6.07, 6.45) is 3.06. The summed E-state index contributed by atoms with van der Waals surface area (Å²) in [7, 11) is -12.2. The van der Waals surface area contributed by atoms with Gasteiger partial charge in [0.1, 0.15) is 0 Å². The fourth-order valence-electron chi connectivity index (χ4n) is 2.97. The topological polar surface area (TPSA) is 37.3 Å². The van der Waals surface area contributed by atoms with E-state index in [4.69, 9.17) is 5.11 Å². The minimum atomic E-state index is -10.7. The minimum absolute atomic E-state index is 0.252. The number of hydrogen-bond donors (Lipinski definition) is 1. The summed E-state index contributed by atoms with van der Waals surface area (Å²) in [6, 6.07) is 19.1. The molecule has 2 rings (SSSR count). The van der Waals surface area contributed by atoms with Crippen LogP contribution in [0.15, 0.2) is 54.6 Å². The molecule has 29 heavy (non-hydrogen) atoms. The van der Waals surface area contributed by atoms with Gasteiger partial charge in [0.15, 0.2) is 0 Å². The van der Waals surface area contributed by atoms with Gasteiger partial charge in [0.05, 0.1) is 37.5 Å². The van der Waals surface area contributed by atoms with Crippen LogP contribution in [0.1, 0.15) is 24.5 Å². The Balaban J connectivity index is 0.000000516. The Bertz CT molecular complexity index is 814. The second-order valence-electron chi connectivity index (χ2n) is 6.77. The van der Waals surface area contributed by atoms with Gasteiger partial charge in [0.25, 0.3) is 0 Å². The van der Waals surface area contributed by atoms with Crippen LogP contribution in [0.3, 0.4) is 0 Å². The van der Waals surface area contributed by atoms with Crippen molar-refractivity contribution in [1.29, 1.82) is 0 Å². The molecule has 0 spiro atoms. The molecule has 164 valence electrons. The maximum atomic E-state index is 11.1. The number of hydrogen-bond acceptors (Lipinski definition) is 1. The van der Waals surface area contributed by atoms with Crippen LogP contribution in [0, 0.1) is 6.92 Å². The summed E-state index contributed by atoms with van der Waals surface area (Å²) in [5.41, 5.74) is 2.59. The van der Waals surface area contributed by atoms with Crippen LogP contribution in [0.5, 0.6) is 0 Å². The van der Waals surface area contributed by atoms with E-state index >= 15 is 0 Å². The number of aliphatic carboxylic acids is 1. The molecular formula is C19H24F6O2P2. The molecule has 2 nitrogen and oxygen atoms in total. The van der Waals surface area contributed by atoms with Gasteiger partial charge in [0, 0.05) is 0 Å². The van der Waals surface area contributed by atoms with Crippen LogP contribution >= 0.6 is 15.1 Å². The Kier molecular flexibility index (Phi) is 7.54. The average Bonchev–Trinajstić information content (AvgIpc) is 2.57. The van der Waals surface area contributed by atoms with Crippen molar-refractivity contribution < 1.29 is 35.1 Å². The second-order valence-corrected chi connectivity index (χ2v) is 12.9. The van der Waals surface area contributed by atoms with Crippen molar-refractivity contribution in [3.05, 3.63) is 65.7 Å². The predicted octanol–water partition coefficient (Wildman–Crippen LogP) is 7.72. The van der Waals surface area contributed by atoms with Gasteiger partial charge in [0.2, 0.25) is 0 Å². The number of benzene rings is 2. The standard InChI is InChI=1S/C19H23O2P.F6P/c1-3-22(13-12-19(20)21,18-10-5-4-6-11-18)15-17-9-7-8-16(2)14-17;1-7(2,3,4,5)6/h4-11,14H,3,12-13,15H2,1-2H3;/q;-1/p+1. The van der Waals surface area contributed by atoms with Crippen molar-refractivity contribution in [2.75, 3.05) is 12.3 Å². The molecule has 0 bridgehead atoms. The third-order valence-electron chi connectivity index (χ3n) is 4.23. The summed E-state index contributed by atoms with van der Waals surface area (Å²) in [5, 5.41) is 10.5. The summed E-state index contributed by atoms with van der Waals surface area (Å²) in [5.74, 6) is -0.696. The Morgan fingerprint density at radius 1 is 0.966 bits per heavy atom. The van der Waals surface area contributed by atoms with Crippen LogP contribution in [0.25, 0.3) is 0 Å². The molecule has 2 aromatic carbocycles. The van der Waals surface area contributed by atoms with E-state index in [-0.39, 0.29) is 6.42 Å². The molecule has 0 aliphatic carbocycles. The van der Waals surface area contributed by atoms with Gasteiger partial charge in [-0.25, -0.2) is 0 Å². The van der Waals surface area contributed by atoms with Crippen molar-refractivity contribution >= 4 is 26.3 Å². The van der Waals surface area contributed by atoms with Crippen molar-refractivity contribution in [3.63, 3.8) is 0 Å². The van der Waals surface area contributed by atoms with Crippen LogP contribution in [-0.2, 0) is 11.0 Å². The normalized spacial score (nSPS) is 15.9. The molecule has 0 heterocycles. The van der Waals surface area contributed by atoms with Crippen molar-refractivity contribution in [2.24, 2.45) is 0 Å². The Hall–Kier alpha value is -1.65. The summed E-state index contributed by atoms with van der Waals surface area (Å²) >= 11 is 0. The molecule has 0 aliphatic rings. The predicted molar refractivity (Wildman–Crippen MR) is 109 cm³/mol. The quantitative estimate of drug-likeness (QED) is 0.339. The zero-order valence-electron chi connectivity index (χ0n) is 16.0. The van der Waals surface area contributed by atoms with Crippen LogP contribution in [0.4, 0.5) is 25.2 Å². The van der Waals surface area contributed by atoms with E-state index in [1.165, 1.54) is 16.4 Å². The Labute approximate surface area is 166 Å². The molecule has 0 aliphatic heterocycles. The molecule has 0 saturated heterocycles. The fraction of sp³-hybridized carbons (Fsp3) is 0.316. The molecule has 0 fully saturated rings. The Morgan fingerprint density at radius 3 is 1.97 bits per heavy atom. The molecule has 2 aromatic rings. The van der Waals surface area contributed by atoms with E-state index in [1.54, 1.807) is 0 Å². The number of rotatable bonds is 7.